The van der Waals surface area contributed by atoms with E-state index in [1.54, 1.807) is 36.5 Å². The first-order chi connectivity index (χ1) is 13.0. The third kappa shape index (κ3) is 4.41. The summed E-state index contributed by atoms with van der Waals surface area (Å²) in [7, 11) is -3.78. The third-order valence-electron chi connectivity index (χ3n) is 4.09. The van der Waals surface area contributed by atoms with Gasteiger partial charge in [0.05, 0.1) is 15.4 Å². The molecule has 138 valence electrons. The predicted octanol–water partition coefficient (Wildman–Crippen LogP) is 3.28. The molecule has 1 aromatic heterocycles. The van der Waals surface area contributed by atoms with Crippen molar-refractivity contribution < 1.29 is 13.2 Å². The van der Waals surface area contributed by atoms with Crippen molar-refractivity contribution in [3.05, 3.63) is 90.3 Å². The number of hydrogen-bond acceptors (Lipinski definition) is 4. The SMILES string of the molecule is CC(Cc1ccccn1)NC(=O)c1ccccc1S(=O)(=O)c1ccccc1. The summed E-state index contributed by atoms with van der Waals surface area (Å²) in [5.74, 6) is -0.423. The van der Waals surface area contributed by atoms with Crippen LogP contribution in [0.25, 0.3) is 0 Å². The molecule has 0 saturated carbocycles. The zero-order chi connectivity index (χ0) is 19.3. The molecule has 0 aliphatic carbocycles. The second-order valence-electron chi connectivity index (χ2n) is 6.21. The average Bonchev–Trinajstić information content (AvgIpc) is 2.69. The van der Waals surface area contributed by atoms with E-state index in [0.29, 0.717) is 6.42 Å². The number of carbonyl (C=O) groups is 1. The van der Waals surface area contributed by atoms with Crippen molar-refractivity contribution in [1.29, 1.82) is 0 Å². The van der Waals surface area contributed by atoms with E-state index < -0.39 is 15.7 Å². The topological polar surface area (TPSA) is 76.1 Å². The van der Waals surface area contributed by atoms with Gasteiger partial charge in [0, 0.05) is 24.4 Å². The summed E-state index contributed by atoms with van der Waals surface area (Å²) in [5, 5.41) is 2.87. The molecule has 0 spiro atoms. The number of pyridine rings is 1. The molecule has 3 aromatic rings. The molecule has 2 aromatic carbocycles. The van der Waals surface area contributed by atoms with Gasteiger partial charge < -0.3 is 5.32 Å². The number of rotatable bonds is 6. The smallest absolute Gasteiger partial charge is 0.252 e. The first-order valence-corrected chi connectivity index (χ1v) is 10.1. The summed E-state index contributed by atoms with van der Waals surface area (Å²) in [5.41, 5.74) is 0.990. The van der Waals surface area contributed by atoms with Gasteiger partial charge >= 0.3 is 0 Å². The fourth-order valence-corrected chi connectivity index (χ4v) is 4.28. The van der Waals surface area contributed by atoms with Crippen molar-refractivity contribution in [3.63, 3.8) is 0 Å². The Balaban J connectivity index is 1.84. The predicted molar refractivity (Wildman–Crippen MR) is 103 cm³/mol. The van der Waals surface area contributed by atoms with Crippen LogP contribution < -0.4 is 5.32 Å². The Morgan fingerprint density at radius 2 is 1.63 bits per heavy atom. The van der Waals surface area contributed by atoms with E-state index in [-0.39, 0.29) is 21.4 Å². The van der Waals surface area contributed by atoms with Gasteiger partial charge in [-0.1, -0.05) is 36.4 Å². The van der Waals surface area contributed by atoms with Gasteiger partial charge in [-0.15, -0.1) is 0 Å². The van der Waals surface area contributed by atoms with Crippen LogP contribution >= 0.6 is 0 Å². The number of carbonyl (C=O) groups excluding carboxylic acids is 1. The monoisotopic (exact) mass is 380 g/mol. The van der Waals surface area contributed by atoms with Gasteiger partial charge in [0.25, 0.3) is 5.91 Å². The van der Waals surface area contributed by atoms with Gasteiger partial charge in [-0.3, -0.25) is 9.78 Å². The molecule has 0 fully saturated rings. The molecule has 1 unspecified atom stereocenters. The summed E-state index contributed by atoms with van der Waals surface area (Å²) in [4.78, 5) is 17.2. The Bertz CT molecular complexity index is 1020. The van der Waals surface area contributed by atoms with Crippen LogP contribution in [-0.4, -0.2) is 25.4 Å². The van der Waals surface area contributed by atoms with E-state index in [9.17, 15) is 13.2 Å². The molecule has 5 nitrogen and oxygen atoms in total. The van der Waals surface area contributed by atoms with Crippen molar-refractivity contribution in [3.8, 4) is 0 Å². The fourth-order valence-electron chi connectivity index (χ4n) is 2.80. The minimum Gasteiger partial charge on any atom is -0.349 e. The number of nitrogens with zero attached hydrogens (tertiary/aromatic N) is 1. The number of hydrogen-bond donors (Lipinski definition) is 1. The first kappa shape index (κ1) is 18.8. The van der Waals surface area contributed by atoms with E-state index in [4.69, 9.17) is 0 Å². The lowest BCUT2D eigenvalue weighted by molar-refractivity contribution is 0.0936. The molecule has 0 aliphatic heterocycles. The maximum absolute atomic E-state index is 12.9. The van der Waals surface area contributed by atoms with Gasteiger partial charge in [-0.25, -0.2) is 8.42 Å². The van der Waals surface area contributed by atoms with Crippen LogP contribution in [0, 0.1) is 0 Å². The number of sulfone groups is 1. The first-order valence-electron chi connectivity index (χ1n) is 8.58. The molecule has 1 atom stereocenters. The van der Waals surface area contributed by atoms with Crippen LogP contribution in [0.2, 0.25) is 0 Å². The van der Waals surface area contributed by atoms with E-state index in [2.05, 4.69) is 10.3 Å². The van der Waals surface area contributed by atoms with Gasteiger partial charge in [0.2, 0.25) is 9.84 Å². The summed E-state index contributed by atoms with van der Waals surface area (Å²) in [6, 6.07) is 19.8. The van der Waals surface area contributed by atoms with E-state index in [1.807, 2.05) is 25.1 Å². The lowest BCUT2D eigenvalue weighted by Gasteiger charge is -2.15. The van der Waals surface area contributed by atoms with Crippen LogP contribution in [0.15, 0.2) is 88.8 Å². The number of benzene rings is 2. The van der Waals surface area contributed by atoms with Crippen LogP contribution in [0.1, 0.15) is 23.0 Å². The Labute approximate surface area is 159 Å². The molecule has 27 heavy (non-hydrogen) atoms. The van der Waals surface area contributed by atoms with E-state index in [0.717, 1.165) is 5.69 Å². The Morgan fingerprint density at radius 1 is 0.963 bits per heavy atom. The van der Waals surface area contributed by atoms with E-state index >= 15 is 0 Å². The quantitative estimate of drug-likeness (QED) is 0.712. The standard InChI is InChI=1S/C21H20N2O3S/c1-16(15-17-9-7-8-14-22-17)23-21(24)19-12-5-6-13-20(19)27(25,26)18-10-3-2-4-11-18/h2-14,16H,15H2,1H3,(H,23,24). The van der Waals surface area contributed by atoms with Crippen LogP contribution in [-0.2, 0) is 16.3 Å². The van der Waals surface area contributed by atoms with E-state index in [1.165, 1.54) is 24.3 Å². The Hall–Kier alpha value is -2.99. The highest BCUT2D eigenvalue weighted by Crippen LogP contribution is 2.24. The molecule has 0 radical (unpaired) electrons. The summed E-state index contributed by atoms with van der Waals surface area (Å²) >= 11 is 0. The van der Waals surface area contributed by atoms with Gasteiger partial charge in [-0.2, -0.15) is 0 Å². The van der Waals surface area contributed by atoms with Crippen molar-refractivity contribution in [2.75, 3.05) is 0 Å². The molecule has 1 amide bonds. The molecule has 0 bridgehead atoms. The lowest BCUT2D eigenvalue weighted by atomic mass is 10.1. The molecule has 6 heteroatoms. The molecule has 3 rings (SSSR count). The summed E-state index contributed by atoms with van der Waals surface area (Å²) in [6.07, 6.45) is 2.26. The minimum atomic E-state index is -3.78. The highest BCUT2D eigenvalue weighted by Gasteiger charge is 2.24. The third-order valence-corrected chi connectivity index (χ3v) is 5.92. The minimum absolute atomic E-state index is 0.00117. The second kappa shape index (κ2) is 8.14. The fraction of sp³-hybridized carbons (Fsp3) is 0.143. The van der Waals surface area contributed by atoms with Crippen molar-refractivity contribution in [2.45, 2.75) is 29.2 Å². The Morgan fingerprint density at radius 3 is 2.33 bits per heavy atom. The molecule has 0 aliphatic rings. The molecular weight excluding hydrogens is 360 g/mol. The number of aromatic nitrogens is 1. The maximum Gasteiger partial charge on any atom is 0.252 e. The molecule has 1 heterocycles. The summed E-state index contributed by atoms with van der Waals surface area (Å²) in [6.45, 7) is 1.86. The maximum atomic E-state index is 12.9. The van der Waals surface area contributed by atoms with Crippen molar-refractivity contribution in [1.82, 2.24) is 10.3 Å². The molecule has 0 saturated heterocycles. The number of nitrogens with one attached hydrogen (secondary N) is 1. The van der Waals surface area contributed by atoms with Crippen molar-refractivity contribution >= 4 is 15.7 Å². The lowest BCUT2D eigenvalue weighted by Crippen LogP contribution is -2.35. The second-order valence-corrected chi connectivity index (χ2v) is 8.13. The number of amides is 1. The zero-order valence-corrected chi connectivity index (χ0v) is 15.7. The highest BCUT2D eigenvalue weighted by molar-refractivity contribution is 7.91. The normalized spacial score (nSPS) is 12.3. The Kier molecular flexibility index (Phi) is 5.66. The van der Waals surface area contributed by atoms with Crippen LogP contribution in [0.4, 0.5) is 0 Å². The summed E-state index contributed by atoms with van der Waals surface area (Å²) < 4.78 is 25.9. The molecule has 1 N–H and O–H groups in total. The van der Waals surface area contributed by atoms with Crippen molar-refractivity contribution in [2.24, 2.45) is 0 Å². The van der Waals surface area contributed by atoms with Crippen LogP contribution in [0.5, 0.6) is 0 Å². The van der Waals surface area contributed by atoms with Gasteiger partial charge in [-0.05, 0) is 43.3 Å². The highest BCUT2D eigenvalue weighted by atomic mass is 32.2. The van der Waals surface area contributed by atoms with Gasteiger partial charge in [0.1, 0.15) is 0 Å². The zero-order valence-electron chi connectivity index (χ0n) is 14.9. The average molecular weight is 380 g/mol. The van der Waals surface area contributed by atoms with Crippen LogP contribution in [0.3, 0.4) is 0 Å². The van der Waals surface area contributed by atoms with Gasteiger partial charge in [0.15, 0.2) is 0 Å². The largest absolute Gasteiger partial charge is 0.349 e. The molecular formula is C21H20N2O3S.